The summed E-state index contributed by atoms with van der Waals surface area (Å²) in [5, 5.41) is 10.3. The lowest BCUT2D eigenvalue weighted by Crippen LogP contribution is -3.00. The van der Waals surface area contributed by atoms with E-state index in [4.69, 9.17) is 0 Å². The van der Waals surface area contributed by atoms with Crippen LogP contribution in [0.2, 0.25) is 0 Å². The van der Waals surface area contributed by atoms with Crippen LogP contribution in [0.3, 0.4) is 0 Å². The molecule has 0 aliphatic carbocycles. The van der Waals surface area contributed by atoms with Crippen LogP contribution in [0.15, 0.2) is 0 Å². The molecule has 0 amide bonds. The highest BCUT2D eigenvalue weighted by Crippen LogP contribution is 2.14. The molecule has 0 aromatic carbocycles. The monoisotopic (exact) mass is 456 g/mol. The summed E-state index contributed by atoms with van der Waals surface area (Å²) in [4.78, 5) is 0. The zero-order valence-corrected chi connectivity index (χ0v) is 22.2. The van der Waals surface area contributed by atoms with Gasteiger partial charge in [-0.2, -0.15) is 0 Å². The van der Waals surface area contributed by atoms with E-state index < -0.39 is 0 Å². The molecule has 0 aromatic heterocycles. The van der Waals surface area contributed by atoms with Crippen molar-refractivity contribution in [1.29, 1.82) is 0 Å². The first-order chi connectivity index (χ1) is 12.7. The number of quaternary nitrogens is 2. The second kappa shape index (κ2) is 20.4. The fourth-order valence-electron chi connectivity index (χ4n) is 4.09. The Morgan fingerprint density at radius 2 is 0.897 bits per heavy atom. The predicted octanol–water partition coefficient (Wildman–Crippen LogP) is -0.381. The minimum absolute atomic E-state index is 0. The van der Waals surface area contributed by atoms with Gasteiger partial charge in [0, 0.05) is 0 Å². The van der Waals surface area contributed by atoms with Crippen LogP contribution in [0.1, 0.15) is 96.8 Å². The van der Waals surface area contributed by atoms with Crippen LogP contribution in [-0.2, 0) is 0 Å². The Morgan fingerprint density at radius 1 is 0.552 bits per heavy atom. The van der Waals surface area contributed by atoms with Crippen molar-refractivity contribution in [1.82, 2.24) is 0 Å². The number of likely N-dealkylation sites (N-methyl/N-ethyl adjacent to an activating group) is 2. The quantitative estimate of drug-likeness (QED) is 0.207. The standard InChI is InChI=1S/C24H54N2O.2ClH/c1-7-8-9-10-11-12-13-14-15-16-17-18-19-20-21-26(5,6)23-24(27)22-25(2,3)4;;/h24,27H,7-23H2,1-6H3;2*1H/q+2;;/p-2. The Balaban J connectivity index is -0.00000338. The minimum Gasteiger partial charge on any atom is -1.00 e. The highest BCUT2D eigenvalue weighted by Gasteiger charge is 2.24. The van der Waals surface area contributed by atoms with Gasteiger partial charge >= 0.3 is 0 Å². The Morgan fingerprint density at radius 3 is 1.24 bits per heavy atom. The number of aliphatic hydroxyl groups excluding tert-OH is 1. The van der Waals surface area contributed by atoms with Crippen molar-refractivity contribution < 1.29 is 38.9 Å². The molecule has 5 heteroatoms. The lowest BCUT2D eigenvalue weighted by molar-refractivity contribution is -0.907. The molecule has 0 aliphatic heterocycles. The first kappa shape index (κ1) is 34.1. The lowest BCUT2D eigenvalue weighted by Gasteiger charge is -2.34. The number of rotatable bonds is 19. The first-order valence-electron chi connectivity index (χ1n) is 12.0. The van der Waals surface area contributed by atoms with Crippen LogP contribution in [0.5, 0.6) is 0 Å². The topological polar surface area (TPSA) is 20.2 Å². The molecule has 3 nitrogen and oxygen atoms in total. The number of halogens is 2. The van der Waals surface area contributed by atoms with E-state index in [0.29, 0.717) is 0 Å². The summed E-state index contributed by atoms with van der Waals surface area (Å²) in [5.74, 6) is 0. The second-order valence-corrected chi connectivity index (χ2v) is 10.6. The average molecular weight is 458 g/mol. The molecule has 180 valence electrons. The highest BCUT2D eigenvalue weighted by molar-refractivity contribution is 4.53. The van der Waals surface area contributed by atoms with Gasteiger partial charge in [-0.3, -0.25) is 0 Å². The van der Waals surface area contributed by atoms with Crippen molar-refractivity contribution >= 4 is 0 Å². The zero-order chi connectivity index (χ0) is 20.6. The van der Waals surface area contributed by atoms with E-state index in [9.17, 15) is 5.11 Å². The molecular formula is C24H54Cl2N2O. The van der Waals surface area contributed by atoms with Gasteiger partial charge in [-0.25, -0.2) is 0 Å². The molecule has 0 aliphatic rings. The van der Waals surface area contributed by atoms with Crippen molar-refractivity contribution in [2.75, 3.05) is 54.9 Å². The molecule has 0 fully saturated rings. The minimum atomic E-state index is -0.202. The van der Waals surface area contributed by atoms with Gasteiger partial charge in [0.15, 0.2) is 6.10 Å². The van der Waals surface area contributed by atoms with Gasteiger partial charge in [0.25, 0.3) is 0 Å². The third-order valence-electron chi connectivity index (χ3n) is 5.58. The molecule has 0 rings (SSSR count). The van der Waals surface area contributed by atoms with Crippen molar-refractivity contribution in [3.8, 4) is 0 Å². The molecular weight excluding hydrogens is 403 g/mol. The van der Waals surface area contributed by atoms with Gasteiger partial charge in [0.05, 0.1) is 41.8 Å². The summed E-state index contributed by atoms with van der Waals surface area (Å²) in [7, 11) is 11.0. The van der Waals surface area contributed by atoms with Crippen LogP contribution in [0.4, 0.5) is 0 Å². The van der Waals surface area contributed by atoms with E-state index >= 15 is 0 Å². The average Bonchev–Trinajstić information content (AvgIpc) is 2.52. The van der Waals surface area contributed by atoms with Gasteiger partial charge in [0.2, 0.25) is 0 Å². The number of aliphatic hydroxyl groups is 1. The Labute approximate surface area is 196 Å². The van der Waals surface area contributed by atoms with E-state index in [0.717, 1.165) is 22.1 Å². The van der Waals surface area contributed by atoms with Gasteiger partial charge in [-0.15, -0.1) is 0 Å². The molecule has 1 unspecified atom stereocenters. The third kappa shape index (κ3) is 26.4. The largest absolute Gasteiger partial charge is 1.00 e. The first-order valence-corrected chi connectivity index (χ1v) is 12.0. The predicted molar refractivity (Wildman–Crippen MR) is 121 cm³/mol. The fraction of sp³-hybridized carbons (Fsp3) is 1.00. The summed E-state index contributed by atoms with van der Waals surface area (Å²) in [6.45, 7) is 5.18. The van der Waals surface area contributed by atoms with Gasteiger partial charge in [-0.05, 0) is 12.8 Å². The smallest absolute Gasteiger partial charge is 0.152 e. The normalized spacial score (nSPS) is 12.9. The summed E-state index contributed by atoms with van der Waals surface area (Å²) in [6.07, 6.45) is 19.6. The third-order valence-corrected chi connectivity index (χ3v) is 5.58. The van der Waals surface area contributed by atoms with Crippen molar-refractivity contribution in [2.24, 2.45) is 0 Å². The second-order valence-electron chi connectivity index (χ2n) is 10.6. The van der Waals surface area contributed by atoms with E-state index in [1.54, 1.807) is 0 Å². The molecule has 0 saturated carbocycles. The number of unbranched alkanes of at least 4 members (excludes halogenated alkanes) is 13. The number of nitrogens with zero attached hydrogens (tertiary/aromatic N) is 2. The van der Waals surface area contributed by atoms with Crippen molar-refractivity contribution in [3.63, 3.8) is 0 Å². The zero-order valence-electron chi connectivity index (χ0n) is 20.7. The maximum Gasteiger partial charge on any atom is 0.152 e. The van der Waals surface area contributed by atoms with Crippen LogP contribution in [0.25, 0.3) is 0 Å². The van der Waals surface area contributed by atoms with E-state index in [1.165, 1.54) is 96.4 Å². The molecule has 1 atom stereocenters. The molecule has 1 N–H and O–H groups in total. The van der Waals surface area contributed by atoms with E-state index in [1.807, 2.05) is 0 Å². The summed E-state index contributed by atoms with van der Waals surface area (Å²) >= 11 is 0. The maximum absolute atomic E-state index is 10.3. The fourth-order valence-corrected chi connectivity index (χ4v) is 4.09. The Bertz CT molecular complexity index is 333. The Hall–Kier alpha value is 0.460. The van der Waals surface area contributed by atoms with Gasteiger partial charge in [-0.1, -0.05) is 84.0 Å². The van der Waals surface area contributed by atoms with Gasteiger partial charge < -0.3 is 38.9 Å². The van der Waals surface area contributed by atoms with Gasteiger partial charge in [0.1, 0.15) is 13.1 Å². The summed E-state index contributed by atoms with van der Waals surface area (Å²) in [5.41, 5.74) is 0. The SMILES string of the molecule is CCCCCCCCCCCCCCCC[N+](C)(C)CC(O)C[N+](C)(C)C.[Cl-].[Cl-]. The maximum atomic E-state index is 10.3. The molecule has 29 heavy (non-hydrogen) atoms. The number of hydrogen-bond acceptors (Lipinski definition) is 1. The molecule has 0 saturated heterocycles. The molecule has 0 spiro atoms. The van der Waals surface area contributed by atoms with Crippen molar-refractivity contribution in [2.45, 2.75) is 103 Å². The van der Waals surface area contributed by atoms with Crippen LogP contribution < -0.4 is 24.8 Å². The van der Waals surface area contributed by atoms with E-state index in [2.05, 4.69) is 42.2 Å². The van der Waals surface area contributed by atoms with E-state index in [-0.39, 0.29) is 30.9 Å². The highest BCUT2D eigenvalue weighted by atomic mass is 35.5. The summed E-state index contributed by atoms with van der Waals surface area (Å²) < 4.78 is 1.78. The number of hydrogen-bond donors (Lipinski definition) is 1. The van der Waals surface area contributed by atoms with Crippen molar-refractivity contribution in [3.05, 3.63) is 0 Å². The van der Waals surface area contributed by atoms with Crippen LogP contribution in [0, 0.1) is 0 Å². The molecule has 0 bridgehead atoms. The van der Waals surface area contributed by atoms with Crippen LogP contribution >= 0.6 is 0 Å². The molecule has 0 aromatic rings. The van der Waals surface area contributed by atoms with Crippen LogP contribution in [-0.4, -0.2) is 75.0 Å². The molecule has 0 radical (unpaired) electrons. The molecule has 0 heterocycles. The Kier molecular flexibility index (Phi) is 23.9. The lowest BCUT2D eigenvalue weighted by atomic mass is 10.0. The summed E-state index contributed by atoms with van der Waals surface area (Å²) in [6, 6.07) is 0.